The highest BCUT2D eigenvalue weighted by atomic mass is 16.5. The molecule has 8 nitrogen and oxygen atoms in total. The van der Waals surface area contributed by atoms with Gasteiger partial charge in [-0.15, -0.1) is 5.10 Å². The van der Waals surface area contributed by atoms with Gasteiger partial charge in [-0.3, -0.25) is 19.9 Å². The van der Waals surface area contributed by atoms with Crippen LogP contribution in [-0.2, 0) is 13.0 Å². The molecule has 0 saturated heterocycles. The fraction of sp³-hybridized carbons (Fsp3) is 0.182. The van der Waals surface area contributed by atoms with E-state index in [0.29, 0.717) is 30.1 Å². The second-order valence-corrected chi connectivity index (χ2v) is 6.66. The average molecular weight is 402 g/mol. The summed E-state index contributed by atoms with van der Waals surface area (Å²) in [6.45, 7) is 2.61. The smallest absolute Gasteiger partial charge is 0.261 e. The van der Waals surface area contributed by atoms with Crippen molar-refractivity contribution in [2.45, 2.75) is 19.9 Å². The Morgan fingerprint density at radius 3 is 2.67 bits per heavy atom. The molecule has 2 heterocycles. The number of nitrogens with one attached hydrogen (secondary N) is 2. The topological polar surface area (TPSA) is 97.7 Å². The van der Waals surface area contributed by atoms with Gasteiger partial charge in [-0.1, -0.05) is 49.4 Å². The lowest BCUT2D eigenvalue weighted by Gasteiger charge is -2.08. The molecular weight excluding hydrogens is 380 g/mol. The van der Waals surface area contributed by atoms with Crippen LogP contribution in [-0.4, -0.2) is 38.0 Å². The molecule has 0 spiro atoms. The molecule has 152 valence electrons. The number of H-pyrrole nitrogens is 1. The summed E-state index contributed by atoms with van der Waals surface area (Å²) < 4.78 is 7.20. The molecule has 0 radical (unpaired) electrons. The molecule has 2 N–H and O–H groups in total. The molecule has 0 aliphatic rings. The van der Waals surface area contributed by atoms with Crippen LogP contribution >= 0.6 is 0 Å². The number of anilines is 1. The van der Waals surface area contributed by atoms with Gasteiger partial charge in [0.05, 0.1) is 36.7 Å². The van der Waals surface area contributed by atoms with E-state index in [4.69, 9.17) is 4.74 Å². The van der Waals surface area contributed by atoms with Gasteiger partial charge >= 0.3 is 0 Å². The number of methoxy groups -OCH3 is 1. The molecule has 0 atom stereocenters. The second-order valence-electron chi connectivity index (χ2n) is 6.66. The van der Waals surface area contributed by atoms with Gasteiger partial charge in [0, 0.05) is 0 Å². The number of para-hydroxylation sites is 1. The molecule has 0 bridgehead atoms. The van der Waals surface area contributed by atoms with Crippen LogP contribution in [0.1, 0.15) is 28.5 Å². The van der Waals surface area contributed by atoms with E-state index in [1.165, 1.54) is 0 Å². The van der Waals surface area contributed by atoms with Crippen molar-refractivity contribution >= 4 is 11.9 Å². The number of nitrogens with zero attached hydrogens (tertiary/aromatic N) is 4. The first-order chi connectivity index (χ1) is 14.7. The van der Waals surface area contributed by atoms with Crippen LogP contribution in [0.5, 0.6) is 5.75 Å². The molecule has 4 aromatic rings. The Kier molecular flexibility index (Phi) is 5.56. The van der Waals surface area contributed by atoms with Gasteiger partial charge < -0.3 is 4.74 Å². The molecule has 0 aliphatic heterocycles. The molecule has 2 aromatic carbocycles. The van der Waals surface area contributed by atoms with Crippen LogP contribution in [0.2, 0.25) is 0 Å². The van der Waals surface area contributed by atoms with Crippen molar-refractivity contribution in [3.8, 4) is 17.1 Å². The predicted molar refractivity (Wildman–Crippen MR) is 113 cm³/mol. The number of carbonyl (C=O) groups is 1. The number of amides is 1. The van der Waals surface area contributed by atoms with E-state index in [1.54, 1.807) is 13.3 Å². The van der Waals surface area contributed by atoms with E-state index in [0.717, 1.165) is 16.8 Å². The molecular formula is C22H22N6O2. The van der Waals surface area contributed by atoms with E-state index >= 15 is 0 Å². The van der Waals surface area contributed by atoms with Crippen molar-refractivity contribution in [2.75, 3.05) is 12.4 Å². The Hall–Kier alpha value is -3.94. The standard InChI is InChI=1S/C22H22N6O2/c1-3-18-17(13-23-28(18)14-15-9-5-4-6-10-15)21(29)25-22-24-20(26-27-22)16-11-7-8-12-19(16)30-2/h4-13H,3,14H2,1-2H3,(H2,24,25,26,27,29). The van der Waals surface area contributed by atoms with Crippen LogP contribution in [0.25, 0.3) is 11.4 Å². The summed E-state index contributed by atoms with van der Waals surface area (Å²) in [7, 11) is 1.59. The number of aromatic nitrogens is 5. The van der Waals surface area contributed by atoms with E-state index in [9.17, 15) is 4.79 Å². The van der Waals surface area contributed by atoms with Gasteiger partial charge in [-0.05, 0) is 24.1 Å². The minimum Gasteiger partial charge on any atom is -0.496 e. The predicted octanol–water partition coefficient (Wildman–Crippen LogP) is 3.54. The van der Waals surface area contributed by atoms with Crippen molar-refractivity contribution in [1.82, 2.24) is 25.0 Å². The molecule has 0 fully saturated rings. The fourth-order valence-corrected chi connectivity index (χ4v) is 3.31. The van der Waals surface area contributed by atoms with Crippen LogP contribution in [0, 0.1) is 0 Å². The number of hydrogen-bond donors (Lipinski definition) is 2. The Bertz CT molecular complexity index is 1150. The highest BCUT2D eigenvalue weighted by molar-refractivity contribution is 6.04. The normalized spacial score (nSPS) is 10.7. The third kappa shape index (κ3) is 3.93. The van der Waals surface area contributed by atoms with Gasteiger partial charge in [-0.2, -0.15) is 10.1 Å². The van der Waals surface area contributed by atoms with Crippen molar-refractivity contribution in [1.29, 1.82) is 0 Å². The minimum atomic E-state index is -0.295. The Balaban J connectivity index is 1.53. The molecule has 1 amide bonds. The van der Waals surface area contributed by atoms with Gasteiger partial charge in [0.1, 0.15) is 5.75 Å². The quantitative estimate of drug-likeness (QED) is 0.493. The maximum Gasteiger partial charge on any atom is 0.261 e. The van der Waals surface area contributed by atoms with E-state index in [1.807, 2.05) is 66.2 Å². The number of rotatable bonds is 7. The lowest BCUT2D eigenvalue weighted by Crippen LogP contribution is -2.15. The zero-order valence-corrected chi connectivity index (χ0v) is 16.8. The van der Waals surface area contributed by atoms with Gasteiger partial charge in [0.2, 0.25) is 5.95 Å². The van der Waals surface area contributed by atoms with E-state index in [2.05, 4.69) is 25.6 Å². The summed E-state index contributed by atoms with van der Waals surface area (Å²) in [5.41, 5.74) is 3.25. The van der Waals surface area contributed by atoms with Crippen molar-refractivity contribution < 1.29 is 9.53 Å². The summed E-state index contributed by atoms with van der Waals surface area (Å²) in [5, 5.41) is 14.1. The Morgan fingerprint density at radius 1 is 1.13 bits per heavy atom. The summed E-state index contributed by atoms with van der Waals surface area (Å²) in [6.07, 6.45) is 2.26. The first-order valence-electron chi connectivity index (χ1n) is 9.65. The first kappa shape index (κ1) is 19.4. The summed E-state index contributed by atoms with van der Waals surface area (Å²) in [4.78, 5) is 17.2. The zero-order valence-electron chi connectivity index (χ0n) is 16.8. The molecule has 4 rings (SSSR count). The Labute approximate surface area is 173 Å². The van der Waals surface area contributed by atoms with Crippen LogP contribution in [0.3, 0.4) is 0 Å². The zero-order chi connectivity index (χ0) is 20.9. The number of benzene rings is 2. The number of ether oxygens (including phenoxy) is 1. The highest BCUT2D eigenvalue weighted by Crippen LogP contribution is 2.27. The molecule has 0 unspecified atom stereocenters. The van der Waals surface area contributed by atoms with Crippen LogP contribution < -0.4 is 10.1 Å². The summed E-state index contributed by atoms with van der Waals surface area (Å²) >= 11 is 0. The third-order valence-corrected chi connectivity index (χ3v) is 4.78. The molecule has 2 aromatic heterocycles. The first-order valence-corrected chi connectivity index (χ1v) is 9.65. The average Bonchev–Trinajstić information content (AvgIpc) is 3.41. The third-order valence-electron chi connectivity index (χ3n) is 4.78. The lowest BCUT2D eigenvalue weighted by molar-refractivity contribution is 0.102. The van der Waals surface area contributed by atoms with Crippen molar-refractivity contribution in [2.24, 2.45) is 0 Å². The largest absolute Gasteiger partial charge is 0.496 e. The van der Waals surface area contributed by atoms with Gasteiger partial charge in [-0.25, -0.2) is 0 Å². The Morgan fingerprint density at radius 2 is 1.90 bits per heavy atom. The van der Waals surface area contributed by atoms with Gasteiger partial charge in [0.25, 0.3) is 5.91 Å². The van der Waals surface area contributed by atoms with E-state index in [-0.39, 0.29) is 11.9 Å². The summed E-state index contributed by atoms with van der Waals surface area (Å²) in [5.74, 6) is 1.08. The lowest BCUT2D eigenvalue weighted by atomic mass is 10.2. The second kappa shape index (κ2) is 8.60. The summed E-state index contributed by atoms with van der Waals surface area (Å²) in [6, 6.07) is 17.5. The fourth-order valence-electron chi connectivity index (χ4n) is 3.31. The minimum absolute atomic E-state index is 0.193. The number of hydrogen-bond acceptors (Lipinski definition) is 5. The maximum absolute atomic E-state index is 12.8. The van der Waals surface area contributed by atoms with Crippen LogP contribution in [0.15, 0.2) is 60.8 Å². The van der Waals surface area contributed by atoms with Crippen molar-refractivity contribution in [3.05, 3.63) is 77.6 Å². The monoisotopic (exact) mass is 402 g/mol. The number of carbonyl (C=O) groups excluding carboxylic acids is 1. The van der Waals surface area contributed by atoms with E-state index < -0.39 is 0 Å². The molecule has 30 heavy (non-hydrogen) atoms. The highest BCUT2D eigenvalue weighted by Gasteiger charge is 2.19. The maximum atomic E-state index is 12.8. The number of aromatic amines is 1. The van der Waals surface area contributed by atoms with Crippen molar-refractivity contribution in [3.63, 3.8) is 0 Å². The molecule has 0 aliphatic carbocycles. The molecule has 0 saturated carbocycles. The van der Waals surface area contributed by atoms with Gasteiger partial charge in [0.15, 0.2) is 5.82 Å². The SMILES string of the molecule is CCc1c(C(=O)Nc2n[nH]c(-c3ccccc3OC)n2)cnn1Cc1ccccc1. The molecule has 8 heteroatoms. The van der Waals surface area contributed by atoms with Crippen LogP contribution in [0.4, 0.5) is 5.95 Å².